The summed E-state index contributed by atoms with van der Waals surface area (Å²) in [4.78, 5) is 16.5. The second kappa shape index (κ2) is 8.15. The summed E-state index contributed by atoms with van der Waals surface area (Å²) in [7, 11) is 1.38. The minimum atomic E-state index is -0.559. The molecular formula is C19H21NO4. The molecule has 24 heavy (non-hydrogen) atoms. The molecule has 126 valence electrons. The van der Waals surface area contributed by atoms with Gasteiger partial charge in [0.05, 0.1) is 0 Å². The fraction of sp³-hybridized carbons (Fsp3) is 0.263. The lowest BCUT2D eigenvalue weighted by Crippen LogP contribution is -2.18. The zero-order chi connectivity index (χ0) is 17.5. The molecule has 0 heterocycles. The third-order valence-electron chi connectivity index (χ3n) is 3.41. The molecule has 0 radical (unpaired) electrons. The maximum atomic E-state index is 11.9. The summed E-state index contributed by atoms with van der Waals surface area (Å²) in [6, 6.07) is 13.2. The first-order chi connectivity index (χ1) is 11.5. The van der Waals surface area contributed by atoms with Crippen LogP contribution in [0.1, 0.15) is 23.6 Å². The largest absolute Gasteiger partial charge is 0.488 e. The highest BCUT2D eigenvalue weighted by Crippen LogP contribution is 2.23. The number of hydrogen-bond acceptors (Lipinski definition) is 5. The topological polar surface area (TPSA) is 57.1 Å². The molecule has 0 aliphatic heterocycles. The zero-order valence-corrected chi connectivity index (χ0v) is 14.3. The molecule has 0 N–H and O–H groups in total. The number of rotatable bonds is 6. The van der Waals surface area contributed by atoms with Crippen molar-refractivity contribution in [2.75, 3.05) is 7.11 Å². The Bertz CT molecular complexity index is 753. The van der Waals surface area contributed by atoms with Crippen molar-refractivity contribution in [3.63, 3.8) is 0 Å². The number of esters is 1. The molecule has 0 aromatic heterocycles. The molecule has 0 unspecified atom stereocenters. The lowest BCUT2D eigenvalue weighted by molar-refractivity contribution is -0.127. The van der Waals surface area contributed by atoms with E-state index in [1.807, 2.05) is 38.1 Å². The Labute approximate surface area is 141 Å². The average Bonchev–Trinajstić information content (AvgIpc) is 2.55. The lowest BCUT2D eigenvalue weighted by atomic mass is 10.1. The molecule has 0 saturated heterocycles. The predicted molar refractivity (Wildman–Crippen MR) is 92.4 cm³/mol. The normalized spacial score (nSPS) is 11.1. The Hall–Kier alpha value is -2.82. The number of para-hydroxylation sites is 1. The van der Waals surface area contributed by atoms with E-state index >= 15 is 0 Å². The smallest absolute Gasteiger partial charge is 0.361 e. The van der Waals surface area contributed by atoms with Gasteiger partial charge in [0, 0.05) is 5.56 Å². The molecule has 0 bridgehead atoms. The van der Waals surface area contributed by atoms with E-state index in [1.165, 1.54) is 19.6 Å². The second-order valence-electron chi connectivity index (χ2n) is 5.41. The molecule has 0 fully saturated rings. The highest BCUT2D eigenvalue weighted by atomic mass is 16.6. The van der Waals surface area contributed by atoms with Crippen LogP contribution in [0.5, 0.6) is 11.5 Å². The molecule has 0 spiro atoms. The molecule has 0 saturated carbocycles. The van der Waals surface area contributed by atoms with Crippen LogP contribution in [0.3, 0.4) is 0 Å². The molecule has 2 aromatic rings. The van der Waals surface area contributed by atoms with Gasteiger partial charge in [0.1, 0.15) is 25.2 Å². The standard InChI is InChI=1S/C19H21NO4/c1-13-9-10-17(14(2)11-13)23-12-16-7-5-6-8-18(16)24-19(21)15(3)20-22-4/h5-11H,12H2,1-4H3. The highest BCUT2D eigenvalue weighted by molar-refractivity contribution is 6.35. The quantitative estimate of drug-likeness (QED) is 0.350. The summed E-state index contributed by atoms with van der Waals surface area (Å²) < 4.78 is 11.2. The van der Waals surface area contributed by atoms with Crippen LogP contribution in [0.2, 0.25) is 0 Å². The van der Waals surface area contributed by atoms with Gasteiger partial charge in [-0.1, -0.05) is 41.1 Å². The molecule has 5 heteroatoms. The lowest BCUT2D eigenvalue weighted by Gasteiger charge is -2.13. The summed E-state index contributed by atoms with van der Waals surface area (Å²) >= 11 is 0. The van der Waals surface area contributed by atoms with Crippen molar-refractivity contribution in [2.45, 2.75) is 27.4 Å². The summed E-state index contributed by atoms with van der Waals surface area (Å²) in [5.74, 6) is 0.688. The third kappa shape index (κ3) is 4.59. The van der Waals surface area contributed by atoms with Crippen molar-refractivity contribution < 1.29 is 19.1 Å². The van der Waals surface area contributed by atoms with E-state index in [2.05, 4.69) is 16.1 Å². The fourth-order valence-electron chi connectivity index (χ4n) is 2.19. The molecule has 0 aliphatic carbocycles. The van der Waals surface area contributed by atoms with E-state index in [0.717, 1.165) is 16.9 Å². The van der Waals surface area contributed by atoms with E-state index in [4.69, 9.17) is 9.47 Å². The third-order valence-corrected chi connectivity index (χ3v) is 3.41. The Morgan fingerprint density at radius 2 is 1.83 bits per heavy atom. The van der Waals surface area contributed by atoms with Gasteiger partial charge >= 0.3 is 5.97 Å². The van der Waals surface area contributed by atoms with Gasteiger partial charge in [-0.2, -0.15) is 0 Å². The fourth-order valence-corrected chi connectivity index (χ4v) is 2.19. The molecule has 2 aromatic carbocycles. The second-order valence-corrected chi connectivity index (χ2v) is 5.41. The van der Waals surface area contributed by atoms with E-state index in [0.29, 0.717) is 12.4 Å². The van der Waals surface area contributed by atoms with Gasteiger partial charge < -0.3 is 14.3 Å². The number of hydrogen-bond donors (Lipinski definition) is 0. The van der Waals surface area contributed by atoms with E-state index in [1.54, 1.807) is 12.1 Å². The van der Waals surface area contributed by atoms with Crippen molar-refractivity contribution in [1.82, 2.24) is 0 Å². The number of carbonyl (C=O) groups is 1. The number of nitrogens with zero attached hydrogens (tertiary/aromatic N) is 1. The first-order valence-electron chi connectivity index (χ1n) is 7.59. The van der Waals surface area contributed by atoms with Crippen LogP contribution in [0.15, 0.2) is 47.6 Å². The maximum Gasteiger partial charge on any atom is 0.361 e. The van der Waals surface area contributed by atoms with Crippen LogP contribution in [-0.2, 0) is 16.2 Å². The van der Waals surface area contributed by atoms with Gasteiger partial charge in [0.15, 0.2) is 5.71 Å². The molecule has 2 rings (SSSR count). The van der Waals surface area contributed by atoms with Crippen LogP contribution in [-0.4, -0.2) is 18.8 Å². The number of ether oxygens (including phenoxy) is 2. The zero-order valence-electron chi connectivity index (χ0n) is 14.3. The van der Waals surface area contributed by atoms with E-state index in [9.17, 15) is 4.79 Å². The number of carbonyl (C=O) groups excluding carboxylic acids is 1. The van der Waals surface area contributed by atoms with Crippen LogP contribution >= 0.6 is 0 Å². The molecule has 0 amide bonds. The number of oxime groups is 1. The van der Waals surface area contributed by atoms with Crippen molar-refractivity contribution in [2.24, 2.45) is 5.16 Å². The van der Waals surface area contributed by atoms with Crippen LogP contribution in [0.4, 0.5) is 0 Å². The molecule has 5 nitrogen and oxygen atoms in total. The minimum absolute atomic E-state index is 0.141. The molecular weight excluding hydrogens is 306 g/mol. The summed E-state index contributed by atoms with van der Waals surface area (Å²) in [5, 5.41) is 3.57. The predicted octanol–water partition coefficient (Wildman–Crippen LogP) is 3.81. The number of aryl methyl sites for hydroxylation is 2. The Kier molecular flexibility index (Phi) is 5.95. The minimum Gasteiger partial charge on any atom is -0.488 e. The van der Waals surface area contributed by atoms with Gasteiger partial charge in [-0.25, -0.2) is 4.79 Å². The first kappa shape index (κ1) is 17.5. The highest BCUT2D eigenvalue weighted by Gasteiger charge is 2.13. The van der Waals surface area contributed by atoms with Crippen molar-refractivity contribution in [3.05, 3.63) is 59.2 Å². The summed E-state index contributed by atoms with van der Waals surface area (Å²) in [6.07, 6.45) is 0. The Morgan fingerprint density at radius 3 is 2.54 bits per heavy atom. The Balaban J connectivity index is 2.11. The van der Waals surface area contributed by atoms with Crippen LogP contribution in [0.25, 0.3) is 0 Å². The van der Waals surface area contributed by atoms with Gasteiger partial charge in [0.25, 0.3) is 0 Å². The number of benzene rings is 2. The van der Waals surface area contributed by atoms with Crippen molar-refractivity contribution in [1.29, 1.82) is 0 Å². The maximum absolute atomic E-state index is 11.9. The van der Waals surface area contributed by atoms with E-state index in [-0.39, 0.29) is 5.71 Å². The van der Waals surface area contributed by atoms with Crippen molar-refractivity contribution in [3.8, 4) is 11.5 Å². The van der Waals surface area contributed by atoms with Crippen molar-refractivity contribution >= 4 is 11.7 Å². The SMILES string of the molecule is CON=C(C)C(=O)Oc1ccccc1COc1ccc(C)cc1C. The van der Waals surface area contributed by atoms with Crippen LogP contribution in [0, 0.1) is 13.8 Å². The summed E-state index contributed by atoms with van der Waals surface area (Å²) in [6.45, 7) is 5.86. The monoisotopic (exact) mass is 327 g/mol. The van der Waals surface area contributed by atoms with Gasteiger partial charge in [-0.3, -0.25) is 0 Å². The van der Waals surface area contributed by atoms with Gasteiger partial charge in [-0.15, -0.1) is 0 Å². The van der Waals surface area contributed by atoms with E-state index < -0.39 is 5.97 Å². The van der Waals surface area contributed by atoms with Crippen LogP contribution < -0.4 is 9.47 Å². The molecule has 0 aliphatic rings. The first-order valence-corrected chi connectivity index (χ1v) is 7.59. The van der Waals surface area contributed by atoms with Gasteiger partial charge in [-0.05, 0) is 38.5 Å². The molecule has 0 atom stereocenters. The van der Waals surface area contributed by atoms with Gasteiger partial charge in [0.2, 0.25) is 0 Å². The Morgan fingerprint density at radius 1 is 1.08 bits per heavy atom. The average molecular weight is 327 g/mol. The summed E-state index contributed by atoms with van der Waals surface area (Å²) in [5.41, 5.74) is 3.16.